The van der Waals surface area contributed by atoms with Crippen LogP contribution in [0.3, 0.4) is 0 Å². The van der Waals surface area contributed by atoms with Gasteiger partial charge in [0.15, 0.2) is 0 Å². The number of rotatable bonds is 7. The number of hydrogen-bond acceptors (Lipinski definition) is 4. The van der Waals surface area contributed by atoms with E-state index in [1.165, 1.54) is 18.5 Å². The molecular weight excluding hydrogens is 312 g/mol. The number of nitrogens with one attached hydrogen (secondary N) is 2. The van der Waals surface area contributed by atoms with Crippen molar-refractivity contribution in [1.82, 2.24) is 10.3 Å². The van der Waals surface area contributed by atoms with Crippen molar-refractivity contribution in [3.8, 4) is 0 Å². The molecular formula is C20H26N4O. The van der Waals surface area contributed by atoms with Crippen LogP contribution in [0.25, 0.3) is 0 Å². The van der Waals surface area contributed by atoms with Crippen molar-refractivity contribution in [3.63, 3.8) is 0 Å². The van der Waals surface area contributed by atoms with Gasteiger partial charge in [-0.15, -0.1) is 0 Å². The monoisotopic (exact) mass is 338 g/mol. The fourth-order valence-electron chi connectivity index (χ4n) is 3.01. The molecule has 1 aromatic carbocycles. The Kier molecular flexibility index (Phi) is 5.88. The molecule has 0 bridgehead atoms. The lowest BCUT2D eigenvalue weighted by atomic mass is 10.2. The van der Waals surface area contributed by atoms with Crippen molar-refractivity contribution in [3.05, 3.63) is 48.3 Å². The van der Waals surface area contributed by atoms with Gasteiger partial charge >= 0.3 is 0 Å². The number of pyridine rings is 1. The molecule has 1 saturated heterocycles. The van der Waals surface area contributed by atoms with E-state index in [1.54, 1.807) is 12.4 Å². The van der Waals surface area contributed by atoms with Gasteiger partial charge in [-0.1, -0.05) is 13.3 Å². The Hall–Kier alpha value is -2.56. The van der Waals surface area contributed by atoms with Crippen LogP contribution in [-0.4, -0.2) is 30.5 Å². The maximum absolute atomic E-state index is 12.1. The van der Waals surface area contributed by atoms with E-state index >= 15 is 0 Å². The Morgan fingerprint density at radius 2 is 1.88 bits per heavy atom. The third-order valence-electron chi connectivity index (χ3n) is 4.44. The molecule has 1 aromatic heterocycles. The van der Waals surface area contributed by atoms with Crippen LogP contribution in [0, 0.1) is 0 Å². The van der Waals surface area contributed by atoms with Crippen molar-refractivity contribution in [2.24, 2.45) is 0 Å². The minimum absolute atomic E-state index is 0.0750. The lowest BCUT2D eigenvalue weighted by Gasteiger charge is -2.18. The van der Waals surface area contributed by atoms with Gasteiger partial charge in [-0.3, -0.25) is 9.78 Å². The van der Waals surface area contributed by atoms with Crippen molar-refractivity contribution >= 4 is 23.0 Å². The van der Waals surface area contributed by atoms with Gasteiger partial charge in [-0.25, -0.2) is 0 Å². The first-order valence-corrected chi connectivity index (χ1v) is 9.11. The Bertz CT molecular complexity index is 693. The Labute approximate surface area is 149 Å². The molecule has 132 valence electrons. The van der Waals surface area contributed by atoms with E-state index in [-0.39, 0.29) is 5.91 Å². The Morgan fingerprint density at radius 1 is 1.12 bits per heavy atom. The number of nitrogens with zero attached hydrogens (tertiary/aromatic N) is 2. The molecule has 1 aliphatic rings. The fraction of sp³-hybridized carbons (Fsp3) is 0.400. The number of benzene rings is 1. The summed E-state index contributed by atoms with van der Waals surface area (Å²) in [4.78, 5) is 18.7. The summed E-state index contributed by atoms with van der Waals surface area (Å²) in [5, 5.41) is 6.24. The standard InChI is InChI=1S/C20H26N4O/c1-2-3-10-22-20(25)16-13-18(15-21-14-16)23-17-6-8-19(9-7-17)24-11-4-5-12-24/h6-9,13-15,23H,2-5,10-12H2,1H3,(H,22,25). The molecule has 1 fully saturated rings. The van der Waals surface area contributed by atoms with Crippen LogP contribution < -0.4 is 15.5 Å². The number of aromatic nitrogens is 1. The molecule has 0 spiro atoms. The number of unbranched alkanes of at least 4 members (excludes halogenated alkanes) is 1. The highest BCUT2D eigenvalue weighted by molar-refractivity contribution is 5.94. The van der Waals surface area contributed by atoms with Gasteiger partial charge in [-0.05, 0) is 49.6 Å². The van der Waals surface area contributed by atoms with Crippen LogP contribution in [0.4, 0.5) is 17.1 Å². The highest BCUT2D eigenvalue weighted by atomic mass is 16.1. The van der Waals surface area contributed by atoms with Gasteiger partial charge < -0.3 is 15.5 Å². The lowest BCUT2D eigenvalue weighted by molar-refractivity contribution is 0.0953. The summed E-state index contributed by atoms with van der Waals surface area (Å²) in [6.07, 6.45) is 7.94. The summed E-state index contributed by atoms with van der Waals surface area (Å²) in [5.74, 6) is -0.0750. The Morgan fingerprint density at radius 3 is 2.60 bits per heavy atom. The summed E-state index contributed by atoms with van der Waals surface area (Å²) in [6, 6.07) is 10.3. The zero-order chi connectivity index (χ0) is 17.5. The zero-order valence-corrected chi connectivity index (χ0v) is 14.8. The first-order chi connectivity index (χ1) is 12.3. The van der Waals surface area contributed by atoms with E-state index in [0.29, 0.717) is 12.1 Å². The molecule has 2 N–H and O–H groups in total. The largest absolute Gasteiger partial charge is 0.372 e. The molecule has 25 heavy (non-hydrogen) atoms. The lowest BCUT2D eigenvalue weighted by Crippen LogP contribution is -2.24. The molecule has 5 heteroatoms. The number of hydrogen-bond donors (Lipinski definition) is 2. The summed E-state index contributed by atoms with van der Waals surface area (Å²) < 4.78 is 0. The van der Waals surface area contributed by atoms with Gasteiger partial charge in [0.25, 0.3) is 5.91 Å². The number of carbonyl (C=O) groups is 1. The molecule has 2 aromatic rings. The molecule has 1 aliphatic heterocycles. The molecule has 3 rings (SSSR count). The summed E-state index contributed by atoms with van der Waals surface area (Å²) >= 11 is 0. The minimum atomic E-state index is -0.0750. The topological polar surface area (TPSA) is 57.3 Å². The molecule has 1 amide bonds. The average Bonchev–Trinajstić information content (AvgIpc) is 3.17. The second-order valence-electron chi connectivity index (χ2n) is 6.44. The zero-order valence-electron chi connectivity index (χ0n) is 14.8. The first-order valence-electron chi connectivity index (χ1n) is 9.11. The van der Waals surface area contributed by atoms with Gasteiger partial charge in [-0.2, -0.15) is 0 Å². The second kappa shape index (κ2) is 8.51. The predicted octanol–water partition coefficient (Wildman–Crippen LogP) is 3.96. The average molecular weight is 338 g/mol. The normalized spacial score (nSPS) is 13.7. The maximum Gasteiger partial charge on any atom is 0.252 e. The maximum atomic E-state index is 12.1. The third-order valence-corrected chi connectivity index (χ3v) is 4.44. The van der Waals surface area contributed by atoms with E-state index in [0.717, 1.165) is 37.3 Å². The SMILES string of the molecule is CCCCNC(=O)c1cncc(Nc2ccc(N3CCCC3)cc2)c1. The molecule has 5 nitrogen and oxygen atoms in total. The van der Waals surface area contributed by atoms with Crippen LogP contribution in [0.2, 0.25) is 0 Å². The van der Waals surface area contributed by atoms with E-state index in [9.17, 15) is 4.79 Å². The number of carbonyl (C=O) groups excluding carboxylic acids is 1. The van der Waals surface area contributed by atoms with E-state index in [1.807, 2.05) is 6.07 Å². The van der Waals surface area contributed by atoms with E-state index in [4.69, 9.17) is 0 Å². The van der Waals surface area contributed by atoms with Crippen LogP contribution >= 0.6 is 0 Å². The quantitative estimate of drug-likeness (QED) is 0.751. The van der Waals surface area contributed by atoms with Gasteiger partial charge in [0, 0.05) is 37.2 Å². The van der Waals surface area contributed by atoms with Crippen LogP contribution in [0.5, 0.6) is 0 Å². The predicted molar refractivity (Wildman–Crippen MR) is 103 cm³/mol. The first kappa shape index (κ1) is 17.3. The number of amides is 1. The summed E-state index contributed by atoms with van der Waals surface area (Å²) in [5.41, 5.74) is 3.66. The van der Waals surface area contributed by atoms with Gasteiger partial charge in [0.05, 0.1) is 17.4 Å². The van der Waals surface area contributed by atoms with Crippen molar-refractivity contribution in [2.45, 2.75) is 32.6 Å². The number of anilines is 3. The molecule has 0 unspecified atom stereocenters. The molecule has 0 radical (unpaired) electrons. The minimum Gasteiger partial charge on any atom is -0.372 e. The third kappa shape index (κ3) is 4.72. The van der Waals surface area contributed by atoms with E-state index < -0.39 is 0 Å². The van der Waals surface area contributed by atoms with Crippen LogP contribution in [0.1, 0.15) is 43.0 Å². The second-order valence-corrected chi connectivity index (χ2v) is 6.44. The van der Waals surface area contributed by atoms with Crippen LogP contribution in [-0.2, 0) is 0 Å². The highest BCUT2D eigenvalue weighted by Crippen LogP contribution is 2.24. The van der Waals surface area contributed by atoms with Crippen molar-refractivity contribution in [2.75, 3.05) is 29.9 Å². The highest BCUT2D eigenvalue weighted by Gasteiger charge is 2.12. The molecule has 0 atom stereocenters. The van der Waals surface area contributed by atoms with Gasteiger partial charge in [0.2, 0.25) is 0 Å². The fourth-order valence-corrected chi connectivity index (χ4v) is 3.01. The van der Waals surface area contributed by atoms with E-state index in [2.05, 4.69) is 51.7 Å². The Balaban J connectivity index is 1.62. The van der Waals surface area contributed by atoms with Crippen molar-refractivity contribution in [1.29, 1.82) is 0 Å². The molecule has 0 saturated carbocycles. The smallest absolute Gasteiger partial charge is 0.252 e. The summed E-state index contributed by atoms with van der Waals surface area (Å²) in [7, 11) is 0. The molecule has 0 aliphatic carbocycles. The van der Waals surface area contributed by atoms with Crippen LogP contribution in [0.15, 0.2) is 42.7 Å². The van der Waals surface area contributed by atoms with Crippen molar-refractivity contribution < 1.29 is 4.79 Å². The van der Waals surface area contributed by atoms with Gasteiger partial charge in [0.1, 0.15) is 0 Å². The molecule has 2 heterocycles. The summed E-state index contributed by atoms with van der Waals surface area (Å²) in [6.45, 7) is 5.09.